The minimum Gasteiger partial charge on any atom is -0.306 e. The molecule has 4 nitrogen and oxygen atoms in total. The zero-order valence-electron chi connectivity index (χ0n) is 10.1. The molecular formula is C13H11Cl2N3O. The van der Waals surface area contributed by atoms with Gasteiger partial charge in [-0.05, 0) is 29.8 Å². The van der Waals surface area contributed by atoms with Crippen LogP contribution < -0.4 is 5.32 Å². The van der Waals surface area contributed by atoms with Crippen molar-refractivity contribution < 1.29 is 4.79 Å². The molecule has 0 aliphatic rings. The molecule has 0 saturated carbocycles. The maximum atomic E-state index is 11.7. The van der Waals surface area contributed by atoms with E-state index in [0.717, 1.165) is 5.56 Å². The number of anilines is 1. The Bertz CT molecular complexity index is 614. The summed E-state index contributed by atoms with van der Waals surface area (Å²) in [5.41, 5.74) is 0.758. The van der Waals surface area contributed by atoms with E-state index in [1.54, 1.807) is 48.3 Å². The van der Waals surface area contributed by atoms with Crippen LogP contribution in [-0.4, -0.2) is 15.7 Å². The second-order valence-corrected chi connectivity index (χ2v) is 4.77. The first kappa shape index (κ1) is 13.6. The Morgan fingerprint density at radius 1 is 1.32 bits per heavy atom. The number of carbonyl (C=O) groups is 1. The summed E-state index contributed by atoms with van der Waals surface area (Å²) in [5.74, 6) is 0.232. The van der Waals surface area contributed by atoms with E-state index in [9.17, 15) is 4.79 Å². The normalized spacial score (nSPS) is 10.9. The molecule has 0 fully saturated rings. The van der Waals surface area contributed by atoms with Gasteiger partial charge < -0.3 is 5.32 Å². The molecule has 1 aromatic carbocycles. The predicted octanol–water partition coefficient (Wildman–Crippen LogP) is 3.38. The van der Waals surface area contributed by atoms with Gasteiger partial charge in [0.25, 0.3) is 0 Å². The minimum absolute atomic E-state index is 0.269. The smallest absolute Gasteiger partial charge is 0.249 e. The van der Waals surface area contributed by atoms with Crippen molar-refractivity contribution in [2.75, 3.05) is 5.32 Å². The second-order valence-electron chi connectivity index (χ2n) is 3.90. The number of carbonyl (C=O) groups excluding carboxylic acids is 1. The molecule has 2 rings (SSSR count). The van der Waals surface area contributed by atoms with Crippen molar-refractivity contribution in [3.63, 3.8) is 0 Å². The van der Waals surface area contributed by atoms with E-state index in [0.29, 0.717) is 15.9 Å². The van der Waals surface area contributed by atoms with E-state index in [4.69, 9.17) is 23.2 Å². The lowest BCUT2D eigenvalue weighted by Crippen LogP contribution is -2.08. The van der Waals surface area contributed by atoms with Gasteiger partial charge in [0.2, 0.25) is 5.91 Å². The van der Waals surface area contributed by atoms with Crippen LogP contribution in [0.3, 0.4) is 0 Å². The molecule has 1 aromatic heterocycles. The van der Waals surface area contributed by atoms with Crippen molar-refractivity contribution in [2.45, 2.75) is 0 Å². The van der Waals surface area contributed by atoms with Crippen LogP contribution in [0.1, 0.15) is 5.56 Å². The number of aromatic nitrogens is 2. The van der Waals surface area contributed by atoms with Crippen molar-refractivity contribution in [3.8, 4) is 0 Å². The van der Waals surface area contributed by atoms with Gasteiger partial charge in [0.05, 0.1) is 0 Å². The van der Waals surface area contributed by atoms with Crippen LogP contribution in [0.5, 0.6) is 0 Å². The van der Waals surface area contributed by atoms with E-state index in [1.165, 1.54) is 6.08 Å². The van der Waals surface area contributed by atoms with Crippen molar-refractivity contribution >= 4 is 41.0 Å². The summed E-state index contributed by atoms with van der Waals surface area (Å²) >= 11 is 11.7. The van der Waals surface area contributed by atoms with Crippen LogP contribution in [0.4, 0.5) is 5.82 Å². The number of aryl methyl sites for hydroxylation is 1. The number of hydrogen-bond acceptors (Lipinski definition) is 2. The van der Waals surface area contributed by atoms with Gasteiger partial charge in [0.15, 0.2) is 5.82 Å². The van der Waals surface area contributed by atoms with Crippen LogP contribution in [0.25, 0.3) is 6.08 Å². The third kappa shape index (κ3) is 4.12. The highest BCUT2D eigenvalue weighted by Gasteiger charge is 2.01. The Labute approximate surface area is 120 Å². The number of hydrogen-bond donors (Lipinski definition) is 1. The first-order valence-electron chi connectivity index (χ1n) is 5.48. The Kier molecular flexibility index (Phi) is 4.24. The molecule has 0 spiro atoms. The average Bonchev–Trinajstić information content (AvgIpc) is 2.71. The number of benzene rings is 1. The van der Waals surface area contributed by atoms with Crippen molar-refractivity contribution in [1.29, 1.82) is 0 Å². The van der Waals surface area contributed by atoms with E-state index in [-0.39, 0.29) is 5.91 Å². The number of nitrogens with zero attached hydrogens (tertiary/aromatic N) is 2. The minimum atomic E-state index is -0.269. The molecular weight excluding hydrogens is 285 g/mol. The van der Waals surface area contributed by atoms with E-state index >= 15 is 0 Å². The summed E-state index contributed by atoms with van der Waals surface area (Å²) in [6.07, 6.45) is 4.78. The lowest BCUT2D eigenvalue weighted by molar-refractivity contribution is -0.111. The first-order valence-corrected chi connectivity index (χ1v) is 6.23. The third-order valence-corrected chi connectivity index (χ3v) is 2.71. The number of nitrogens with one attached hydrogen (secondary N) is 1. The number of rotatable bonds is 3. The molecule has 1 N–H and O–H groups in total. The SMILES string of the molecule is Cn1ccc(NC(=O)C=Cc2cc(Cl)cc(Cl)c2)n1. The summed E-state index contributed by atoms with van der Waals surface area (Å²) in [6, 6.07) is 6.78. The monoisotopic (exact) mass is 295 g/mol. The molecule has 0 unspecified atom stereocenters. The molecule has 0 atom stereocenters. The first-order chi connectivity index (χ1) is 9.02. The zero-order chi connectivity index (χ0) is 13.8. The highest BCUT2D eigenvalue weighted by Crippen LogP contribution is 2.19. The highest BCUT2D eigenvalue weighted by atomic mass is 35.5. The number of halogens is 2. The molecule has 0 aliphatic heterocycles. The lowest BCUT2D eigenvalue weighted by Gasteiger charge is -1.98. The predicted molar refractivity (Wildman–Crippen MR) is 77.3 cm³/mol. The maximum absolute atomic E-state index is 11.7. The fourth-order valence-corrected chi connectivity index (χ4v) is 2.04. The van der Waals surface area contributed by atoms with E-state index in [2.05, 4.69) is 10.4 Å². The Morgan fingerprint density at radius 3 is 2.58 bits per heavy atom. The molecule has 0 bridgehead atoms. The summed E-state index contributed by atoms with van der Waals surface area (Å²) in [7, 11) is 1.78. The summed E-state index contributed by atoms with van der Waals surface area (Å²) in [6.45, 7) is 0. The summed E-state index contributed by atoms with van der Waals surface area (Å²) in [4.78, 5) is 11.7. The fraction of sp³-hybridized carbons (Fsp3) is 0.0769. The van der Waals surface area contributed by atoms with Crippen LogP contribution in [0.2, 0.25) is 10.0 Å². The fourth-order valence-electron chi connectivity index (χ4n) is 1.49. The summed E-state index contributed by atoms with van der Waals surface area (Å²) < 4.78 is 1.61. The van der Waals surface area contributed by atoms with Crippen molar-refractivity contribution in [3.05, 3.63) is 52.1 Å². The Hall–Kier alpha value is -1.78. The van der Waals surface area contributed by atoms with Gasteiger partial charge in [0, 0.05) is 35.4 Å². The topological polar surface area (TPSA) is 46.9 Å². The third-order valence-electron chi connectivity index (χ3n) is 2.28. The molecule has 6 heteroatoms. The molecule has 19 heavy (non-hydrogen) atoms. The van der Waals surface area contributed by atoms with Gasteiger partial charge >= 0.3 is 0 Å². The van der Waals surface area contributed by atoms with E-state index in [1.807, 2.05) is 0 Å². The Morgan fingerprint density at radius 2 is 2.00 bits per heavy atom. The standard InChI is InChI=1S/C13H11Cl2N3O/c1-18-5-4-12(17-18)16-13(19)3-2-9-6-10(14)8-11(15)7-9/h2-8H,1H3,(H,16,17,19). The summed E-state index contributed by atoms with van der Waals surface area (Å²) in [5, 5.41) is 7.73. The quantitative estimate of drug-likeness (QED) is 0.883. The van der Waals surface area contributed by atoms with Crippen molar-refractivity contribution in [2.24, 2.45) is 7.05 Å². The van der Waals surface area contributed by atoms with Crippen molar-refractivity contribution in [1.82, 2.24) is 9.78 Å². The maximum Gasteiger partial charge on any atom is 0.249 e. The molecule has 0 saturated heterocycles. The van der Waals surface area contributed by atoms with Crippen LogP contribution in [0, 0.1) is 0 Å². The highest BCUT2D eigenvalue weighted by molar-refractivity contribution is 6.34. The molecule has 1 heterocycles. The molecule has 98 valence electrons. The van der Waals surface area contributed by atoms with Crippen LogP contribution in [0.15, 0.2) is 36.5 Å². The molecule has 0 aliphatic carbocycles. The van der Waals surface area contributed by atoms with Crippen LogP contribution in [-0.2, 0) is 11.8 Å². The van der Waals surface area contributed by atoms with Gasteiger partial charge in [-0.15, -0.1) is 0 Å². The average molecular weight is 296 g/mol. The lowest BCUT2D eigenvalue weighted by atomic mass is 10.2. The second kappa shape index (κ2) is 5.91. The molecule has 0 radical (unpaired) electrons. The van der Waals surface area contributed by atoms with Gasteiger partial charge in [-0.2, -0.15) is 5.10 Å². The Balaban J connectivity index is 2.03. The largest absolute Gasteiger partial charge is 0.306 e. The number of amides is 1. The van der Waals surface area contributed by atoms with Gasteiger partial charge in [-0.1, -0.05) is 23.2 Å². The molecule has 1 amide bonds. The van der Waals surface area contributed by atoms with Gasteiger partial charge in [0.1, 0.15) is 0 Å². The zero-order valence-corrected chi connectivity index (χ0v) is 11.6. The van der Waals surface area contributed by atoms with Gasteiger partial charge in [-0.3, -0.25) is 9.48 Å². The van der Waals surface area contributed by atoms with Gasteiger partial charge in [-0.25, -0.2) is 0 Å². The van der Waals surface area contributed by atoms with E-state index < -0.39 is 0 Å². The molecule has 2 aromatic rings. The van der Waals surface area contributed by atoms with Crippen LogP contribution >= 0.6 is 23.2 Å².